The Hall–Kier alpha value is -2.90. The summed E-state index contributed by atoms with van der Waals surface area (Å²) in [5.74, 6) is -2.29. The SMILES string of the molecule is COc1ccc(C(C)NC(=O)c2c(C(=O)O)cnn2C)cc1F. The van der Waals surface area contributed by atoms with Crippen molar-refractivity contribution in [1.29, 1.82) is 0 Å². The molecule has 0 bridgehead atoms. The van der Waals surface area contributed by atoms with Gasteiger partial charge in [0, 0.05) is 7.05 Å². The molecule has 1 heterocycles. The maximum Gasteiger partial charge on any atom is 0.339 e. The van der Waals surface area contributed by atoms with Crippen molar-refractivity contribution >= 4 is 11.9 Å². The molecule has 0 aliphatic carbocycles. The number of hydrogen-bond acceptors (Lipinski definition) is 4. The number of carbonyl (C=O) groups excluding carboxylic acids is 1. The van der Waals surface area contributed by atoms with Gasteiger partial charge >= 0.3 is 5.97 Å². The minimum Gasteiger partial charge on any atom is -0.494 e. The standard InChI is InChI=1S/C15H16FN3O4/c1-8(9-4-5-12(23-3)11(16)6-9)18-14(20)13-10(15(21)22)7-17-19(13)2/h4-8H,1-3H3,(H,18,20)(H,21,22). The van der Waals surface area contributed by atoms with Crippen LogP contribution >= 0.6 is 0 Å². The highest BCUT2D eigenvalue weighted by atomic mass is 19.1. The number of aromatic nitrogens is 2. The van der Waals surface area contributed by atoms with Crippen LogP contribution in [0, 0.1) is 5.82 Å². The van der Waals surface area contributed by atoms with Crippen LogP contribution < -0.4 is 10.1 Å². The van der Waals surface area contributed by atoms with Gasteiger partial charge in [-0.15, -0.1) is 0 Å². The summed E-state index contributed by atoms with van der Waals surface area (Å²) < 4.78 is 19.7. The van der Waals surface area contributed by atoms with Crippen LogP contribution in [0.5, 0.6) is 5.75 Å². The van der Waals surface area contributed by atoms with Gasteiger partial charge in [-0.3, -0.25) is 9.48 Å². The van der Waals surface area contributed by atoms with Crippen LogP contribution in [0.3, 0.4) is 0 Å². The number of methoxy groups -OCH3 is 1. The average molecular weight is 321 g/mol. The van der Waals surface area contributed by atoms with E-state index in [9.17, 15) is 14.0 Å². The smallest absolute Gasteiger partial charge is 0.339 e. The molecule has 1 amide bonds. The maximum absolute atomic E-state index is 13.7. The highest BCUT2D eigenvalue weighted by Gasteiger charge is 2.23. The van der Waals surface area contributed by atoms with Crippen molar-refractivity contribution in [3.8, 4) is 5.75 Å². The Morgan fingerprint density at radius 1 is 1.43 bits per heavy atom. The van der Waals surface area contributed by atoms with E-state index in [1.54, 1.807) is 13.0 Å². The first-order valence-electron chi connectivity index (χ1n) is 6.74. The number of hydrogen-bond donors (Lipinski definition) is 2. The Labute approximate surface area is 131 Å². The lowest BCUT2D eigenvalue weighted by atomic mass is 10.1. The molecule has 0 spiro atoms. The van der Waals surface area contributed by atoms with Crippen molar-refractivity contribution in [2.24, 2.45) is 7.05 Å². The van der Waals surface area contributed by atoms with E-state index in [-0.39, 0.29) is 17.0 Å². The van der Waals surface area contributed by atoms with Gasteiger partial charge < -0.3 is 15.2 Å². The molecular weight excluding hydrogens is 305 g/mol. The van der Waals surface area contributed by atoms with Crippen molar-refractivity contribution in [2.45, 2.75) is 13.0 Å². The minimum atomic E-state index is -1.24. The van der Waals surface area contributed by atoms with Crippen LogP contribution in [0.25, 0.3) is 0 Å². The summed E-state index contributed by atoms with van der Waals surface area (Å²) in [6.07, 6.45) is 1.11. The molecule has 23 heavy (non-hydrogen) atoms. The number of rotatable bonds is 5. The number of benzene rings is 1. The first-order valence-corrected chi connectivity index (χ1v) is 6.74. The predicted octanol–water partition coefficient (Wildman–Crippen LogP) is 1.76. The normalized spacial score (nSPS) is 11.8. The first-order chi connectivity index (χ1) is 10.8. The van der Waals surface area contributed by atoms with E-state index in [0.29, 0.717) is 5.56 Å². The molecule has 8 heteroatoms. The van der Waals surface area contributed by atoms with Crippen LogP contribution in [0.4, 0.5) is 4.39 Å². The molecule has 0 aliphatic heterocycles. The topological polar surface area (TPSA) is 93.4 Å². The van der Waals surface area contributed by atoms with Crippen LogP contribution in [-0.4, -0.2) is 33.9 Å². The lowest BCUT2D eigenvalue weighted by Crippen LogP contribution is -2.30. The molecule has 0 radical (unpaired) electrons. The van der Waals surface area contributed by atoms with Gasteiger partial charge in [-0.25, -0.2) is 9.18 Å². The van der Waals surface area contributed by atoms with Crippen LogP contribution in [-0.2, 0) is 7.05 Å². The number of nitrogens with zero attached hydrogens (tertiary/aromatic N) is 2. The Morgan fingerprint density at radius 3 is 2.70 bits per heavy atom. The monoisotopic (exact) mass is 321 g/mol. The summed E-state index contributed by atoms with van der Waals surface area (Å²) in [6, 6.07) is 3.80. The van der Waals surface area contributed by atoms with Crippen molar-refractivity contribution in [2.75, 3.05) is 7.11 Å². The number of nitrogens with one attached hydrogen (secondary N) is 1. The molecule has 0 saturated carbocycles. The van der Waals surface area contributed by atoms with Gasteiger partial charge in [-0.05, 0) is 24.6 Å². The second kappa shape index (κ2) is 6.47. The maximum atomic E-state index is 13.7. The molecule has 1 aromatic heterocycles. The molecule has 1 aromatic carbocycles. The van der Waals surface area contributed by atoms with Crippen molar-refractivity contribution in [3.63, 3.8) is 0 Å². The van der Waals surface area contributed by atoms with Crippen molar-refractivity contribution in [3.05, 3.63) is 47.0 Å². The Balaban J connectivity index is 2.22. The predicted molar refractivity (Wildman–Crippen MR) is 79.0 cm³/mol. The largest absolute Gasteiger partial charge is 0.494 e. The Morgan fingerprint density at radius 2 is 2.13 bits per heavy atom. The van der Waals surface area contributed by atoms with Gasteiger partial charge in [0.05, 0.1) is 19.3 Å². The molecule has 2 rings (SSSR count). The molecule has 2 aromatic rings. The zero-order valence-electron chi connectivity index (χ0n) is 12.8. The molecular formula is C15H16FN3O4. The minimum absolute atomic E-state index is 0.0710. The van der Waals surface area contributed by atoms with Crippen molar-refractivity contribution in [1.82, 2.24) is 15.1 Å². The van der Waals surface area contributed by atoms with Gasteiger partial charge in [-0.1, -0.05) is 6.07 Å². The first kappa shape index (κ1) is 16.5. The zero-order chi connectivity index (χ0) is 17.1. The van der Waals surface area contributed by atoms with E-state index in [2.05, 4.69) is 10.4 Å². The van der Waals surface area contributed by atoms with Gasteiger partial charge in [0.25, 0.3) is 5.91 Å². The average Bonchev–Trinajstić information content (AvgIpc) is 2.89. The second-order valence-electron chi connectivity index (χ2n) is 4.92. The third kappa shape index (κ3) is 3.31. The number of carboxylic acids is 1. The number of halogens is 1. The molecule has 0 fully saturated rings. The fourth-order valence-corrected chi connectivity index (χ4v) is 2.16. The fourth-order valence-electron chi connectivity index (χ4n) is 2.16. The van der Waals surface area contributed by atoms with Gasteiger partial charge in [0.15, 0.2) is 11.6 Å². The fraction of sp³-hybridized carbons (Fsp3) is 0.267. The second-order valence-corrected chi connectivity index (χ2v) is 4.92. The number of carboxylic acid groups (broad SMARTS) is 1. The summed E-state index contributed by atoms with van der Waals surface area (Å²) in [5.41, 5.74) is 0.257. The number of carbonyl (C=O) groups is 2. The van der Waals surface area contributed by atoms with Crippen LogP contribution in [0.1, 0.15) is 39.4 Å². The van der Waals surface area contributed by atoms with E-state index in [1.165, 1.54) is 31.0 Å². The Kier molecular flexibility index (Phi) is 4.63. The lowest BCUT2D eigenvalue weighted by molar-refractivity contribution is 0.0690. The third-order valence-corrected chi connectivity index (χ3v) is 3.41. The quantitative estimate of drug-likeness (QED) is 0.875. The lowest BCUT2D eigenvalue weighted by Gasteiger charge is -2.15. The summed E-state index contributed by atoms with van der Waals surface area (Å²) in [6.45, 7) is 1.66. The molecule has 2 N–H and O–H groups in total. The Bertz CT molecular complexity index is 757. The molecule has 1 unspecified atom stereocenters. The van der Waals surface area contributed by atoms with E-state index in [4.69, 9.17) is 9.84 Å². The summed E-state index contributed by atoms with van der Waals surface area (Å²) in [7, 11) is 2.83. The number of aromatic carboxylic acids is 1. The van der Waals surface area contributed by atoms with Crippen LogP contribution in [0.15, 0.2) is 24.4 Å². The van der Waals surface area contributed by atoms with Gasteiger partial charge in [0.2, 0.25) is 0 Å². The highest BCUT2D eigenvalue weighted by molar-refractivity contribution is 6.03. The van der Waals surface area contributed by atoms with Gasteiger partial charge in [-0.2, -0.15) is 5.10 Å². The summed E-state index contributed by atoms with van der Waals surface area (Å²) >= 11 is 0. The van der Waals surface area contributed by atoms with E-state index >= 15 is 0 Å². The highest BCUT2D eigenvalue weighted by Crippen LogP contribution is 2.22. The number of amides is 1. The molecule has 122 valence electrons. The molecule has 0 aliphatic rings. The molecule has 0 saturated heterocycles. The summed E-state index contributed by atoms with van der Waals surface area (Å²) in [5, 5.41) is 15.5. The van der Waals surface area contributed by atoms with Crippen molar-refractivity contribution < 1.29 is 23.8 Å². The number of aryl methyl sites for hydroxylation is 1. The van der Waals surface area contributed by atoms with Crippen LogP contribution in [0.2, 0.25) is 0 Å². The van der Waals surface area contributed by atoms with E-state index in [0.717, 1.165) is 6.20 Å². The third-order valence-electron chi connectivity index (χ3n) is 3.41. The zero-order valence-corrected chi connectivity index (χ0v) is 12.8. The molecule has 1 atom stereocenters. The van der Waals surface area contributed by atoms with E-state index < -0.39 is 23.7 Å². The number of ether oxygens (including phenoxy) is 1. The van der Waals surface area contributed by atoms with Gasteiger partial charge in [0.1, 0.15) is 11.3 Å². The van der Waals surface area contributed by atoms with E-state index in [1.807, 2.05) is 0 Å². The summed E-state index contributed by atoms with van der Waals surface area (Å²) in [4.78, 5) is 23.4. The molecule has 7 nitrogen and oxygen atoms in total.